The average molecular weight is 556 g/mol. The quantitative estimate of drug-likeness (QED) is 0.305. The molecular formula is C32H39F2NO5. The summed E-state index contributed by atoms with van der Waals surface area (Å²) in [7, 11) is 0. The number of carbonyl (C=O) groups is 3. The van der Waals surface area contributed by atoms with Gasteiger partial charge in [0.25, 0.3) is 0 Å². The van der Waals surface area contributed by atoms with E-state index in [2.05, 4.69) is 0 Å². The molecule has 0 radical (unpaired) electrons. The van der Waals surface area contributed by atoms with Gasteiger partial charge in [-0.05, 0) is 64.2 Å². The molecular weight excluding hydrogens is 516 g/mol. The summed E-state index contributed by atoms with van der Waals surface area (Å²) in [5.41, 5.74) is -0.179. The molecule has 2 aromatic rings. The zero-order valence-electron chi connectivity index (χ0n) is 23.8. The number of ketones is 2. The van der Waals surface area contributed by atoms with Crippen LogP contribution in [0.15, 0.2) is 42.5 Å². The summed E-state index contributed by atoms with van der Waals surface area (Å²) >= 11 is 0. The lowest BCUT2D eigenvalue weighted by atomic mass is 9.85. The predicted molar refractivity (Wildman–Crippen MR) is 149 cm³/mol. The van der Waals surface area contributed by atoms with Crippen molar-refractivity contribution in [3.05, 3.63) is 64.7 Å². The van der Waals surface area contributed by atoms with E-state index in [4.69, 9.17) is 9.47 Å². The minimum Gasteiger partial charge on any atom is -0.486 e. The van der Waals surface area contributed by atoms with Crippen molar-refractivity contribution < 1.29 is 32.6 Å². The average Bonchev–Trinajstić information content (AvgIpc) is 3.30. The van der Waals surface area contributed by atoms with E-state index >= 15 is 4.39 Å². The first-order valence-corrected chi connectivity index (χ1v) is 14.1. The molecule has 2 heterocycles. The monoisotopic (exact) mass is 555 g/mol. The number of nitrogens with zero attached hydrogens (tertiary/aromatic N) is 1. The summed E-state index contributed by atoms with van der Waals surface area (Å²) in [6.07, 6.45) is 0.224. The lowest BCUT2D eigenvalue weighted by Crippen LogP contribution is -2.49. The predicted octanol–water partition coefficient (Wildman–Crippen LogP) is 7.23. The molecule has 3 atom stereocenters. The Kier molecular flexibility index (Phi) is 8.96. The highest BCUT2D eigenvalue weighted by Crippen LogP contribution is 2.45. The highest BCUT2D eigenvalue weighted by atomic mass is 19.1. The highest BCUT2D eigenvalue weighted by molar-refractivity contribution is 6.04. The van der Waals surface area contributed by atoms with Gasteiger partial charge in [-0.15, -0.1) is 0 Å². The number of ether oxygens (including phenoxy) is 2. The molecule has 0 bridgehead atoms. The molecule has 1 amide bonds. The normalized spacial score (nSPS) is 22.4. The van der Waals surface area contributed by atoms with E-state index in [1.54, 1.807) is 33.8 Å². The van der Waals surface area contributed by atoms with Crippen LogP contribution in [0.25, 0.3) is 0 Å². The summed E-state index contributed by atoms with van der Waals surface area (Å²) < 4.78 is 41.1. The van der Waals surface area contributed by atoms with E-state index in [-0.39, 0.29) is 49.4 Å². The van der Waals surface area contributed by atoms with Crippen LogP contribution < -0.4 is 4.74 Å². The number of piperidine rings is 1. The van der Waals surface area contributed by atoms with Gasteiger partial charge in [0.2, 0.25) is 0 Å². The van der Waals surface area contributed by atoms with Crippen molar-refractivity contribution in [2.24, 2.45) is 0 Å². The van der Waals surface area contributed by atoms with Gasteiger partial charge in [-0.1, -0.05) is 37.3 Å². The van der Waals surface area contributed by atoms with E-state index in [0.29, 0.717) is 36.3 Å². The van der Waals surface area contributed by atoms with Gasteiger partial charge < -0.3 is 14.4 Å². The molecule has 0 N–H and O–H groups in total. The Labute approximate surface area is 235 Å². The third kappa shape index (κ3) is 6.70. The van der Waals surface area contributed by atoms with E-state index in [9.17, 15) is 18.8 Å². The first kappa shape index (κ1) is 29.7. The molecule has 216 valence electrons. The van der Waals surface area contributed by atoms with Crippen molar-refractivity contribution in [3.63, 3.8) is 0 Å². The number of benzene rings is 2. The number of alkyl halides is 2. The summed E-state index contributed by atoms with van der Waals surface area (Å²) in [5.74, 6) is -0.518. The summed E-state index contributed by atoms with van der Waals surface area (Å²) in [4.78, 5) is 40.1. The van der Waals surface area contributed by atoms with Crippen molar-refractivity contribution in [3.8, 4) is 5.75 Å². The number of hydrogen-bond donors (Lipinski definition) is 0. The molecule has 0 aliphatic carbocycles. The van der Waals surface area contributed by atoms with Gasteiger partial charge in [-0.2, -0.15) is 0 Å². The van der Waals surface area contributed by atoms with Crippen molar-refractivity contribution >= 4 is 17.7 Å². The Morgan fingerprint density at radius 3 is 2.50 bits per heavy atom. The SMILES string of the molecule is CCC(=O)c1cc(C(=O)CCC[C@]2(F)CCCN(C(=O)OC(C)(C)C)C2)cc2c1O[C@H](CF)[C@H]2c1ccccc1. The van der Waals surface area contributed by atoms with Crippen LogP contribution in [-0.4, -0.2) is 59.7 Å². The second kappa shape index (κ2) is 12.1. The smallest absolute Gasteiger partial charge is 0.410 e. The molecule has 8 heteroatoms. The zero-order chi connectivity index (χ0) is 29.1. The van der Waals surface area contributed by atoms with Gasteiger partial charge in [0, 0.05) is 30.5 Å². The fourth-order valence-corrected chi connectivity index (χ4v) is 5.65. The van der Waals surface area contributed by atoms with Crippen LogP contribution in [0.1, 0.15) is 104 Å². The van der Waals surface area contributed by atoms with Gasteiger partial charge in [0.05, 0.1) is 18.0 Å². The van der Waals surface area contributed by atoms with Gasteiger partial charge in [-0.3, -0.25) is 9.59 Å². The van der Waals surface area contributed by atoms with Crippen molar-refractivity contribution in [2.75, 3.05) is 19.8 Å². The summed E-state index contributed by atoms with van der Waals surface area (Å²) in [6, 6.07) is 12.6. The summed E-state index contributed by atoms with van der Waals surface area (Å²) in [5, 5.41) is 0. The second-order valence-corrected chi connectivity index (χ2v) is 11.9. The number of halogens is 2. The maximum absolute atomic E-state index is 15.7. The number of Topliss-reactive ketones (excluding diaryl/α,β-unsaturated/α-hetero) is 2. The Morgan fingerprint density at radius 1 is 1.12 bits per heavy atom. The molecule has 2 aliphatic heterocycles. The number of fused-ring (bicyclic) bond motifs is 1. The fraction of sp³-hybridized carbons (Fsp3) is 0.531. The van der Waals surface area contributed by atoms with Crippen molar-refractivity contribution in [2.45, 2.75) is 89.5 Å². The fourth-order valence-electron chi connectivity index (χ4n) is 5.65. The maximum Gasteiger partial charge on any atom is 0.410 e. The maximum atomic E-state index is 15.7. The van der Waals surface area contributed by atoms with Crippen molar-refractivity contribution in [1.82, 2.24) is 4.90 Å². The molecule has 0 aromatic heterocycles. The molecule has 0 saturated carbocycles. The Morgan fingerprint density at radius 2 is 1.85 bits per heavy atom. The molecule has 2 aliphatic rings. The molecule has 40 heavy (non-hydrogen) atoms. The third-order valence-electron chi connectivity index (χ3n) is 7.56. The number of amides is 1. The topological polar surface area (TPSA) is 72.9 Å². The van der Waals surface area contributed by atoms with E-state index < -0.39 is 36.1 Å². The first-order valence-electron chi connectivity index (χ1n) is 14.1. The van der Waals surface area contributed by atoms with Crippen LogP contribution >= 0.6 is 0 Å². The lowest BCUT2D eigenvalue weighted by molar-refractivity contribution is -0.00814. The minimum absolute atomic E-state index is 0.0647. The first-order chi connectivity index (χ1) is 18.9. The van der Waals surface area contributed by atoms with Crippen molar-refractivity contribution in [1.29, 1.82) is 0 Å². The third-order valence-corrected chi connectivity index (χ3v) is 7.56. The Balaban J connectivity index is 1.50. The van der Waals surface area contributed by atoms with Gasteiger partial charge >= 0.3 is 6.09 Å². The molecule has 6 nitrogen and oxygen atoms in total. The van der Waals surface area contributed by atoms with Crippen LogP contribution in [0.5, 0.6) is 5.75 Å². The second-order valence-electron chi connectivity index (χ2n) is 11.9. The standard InChI is InChI=1S/C32H39F2NO5/c1-5-25(36)23-17-22(18-24-28(21-11-7-6-8-12-21)27(19-33)39-29(23)24)26(37)13-9-14-32(34)15-10-16-35(20-32)30(38)40-31(2,3)4/h6-8,11-12,17-18,27-28H,5,9-10,13-16,19-20H2,1-4H3/t27-,28+,32+/m1/s1. The Bertz CT molecular complexity index is 1240. The minimum atomic E-state index is -1.60. The van der Waals surface area contributed by atoms with Crippen LogP contribution in [0.2, 0.25) is 0 Å². The highest BCUT2D eigenvalue weighted by Gasteiger charge is 2.40. The number of hydrogen-bond acceptors (Lipinski definition) is 5. The lowest BCUT2D eigenvalue weighted by Gasteiger charge is -2.38. The largest absolute Gasteiger partial charge is 0.486 e. The molecule has 1 fully saturated rings. The van der Waals surface area contributed by atoms with Crippen LogP contribution in [-0.2, 0) is 4.74 Å². The molecule has 0 spiro atoms. The van der Waals surface area contributed by atoms with Crippen LogP contribution in [0, 0.1) is 0 Å². The van der Waals surface area contributed by atoms with E-state index in [1.165, 1.54) is 11.0 Å². The van der Waals surface area contributed by atoms with Crippen LogP contribution in [0.3, 0.4) is 0 Å². The number of rotatable bonds is 9. The Hall–Kier alpha value is -3.29. The molecule has 0 unspecified atom stereocenters. The molecule has 4 rings (SSSR count). The van der Waals surface area contributed by atoms with Gasteiger partial charge in [0.1, 0.15) is 29.8 Å². The van der Waals surface area contributed by atoms with E-state index in [1.807, 2.05) is 30.3 Å². The number of likely N-dealkylation sites (tertiary alicyclic amines) is 1. The van der Waals surface area contributed by atoms with E-state index in [0.717, 1.165) is 5.56 Å². The van der Waals surface area contributed by atoms with Gasteiger partial charge in [-0.25, -0.2) is 13.6 Å². The number of carbonyl (C=O) groups excluding carboxylic acids is 3. The zero-order valence-corrected chi connectivity index (χ0v) is 23.8. The summed E-state index contributed by atoms with van der Waals surface area (Å²) in [6.45, 7) is 6.67. The molecule has 1 saturated heterocycles. The molecule has 2 aromatic carbocycles. The van der Waals surface area contributed by atoms with Crippen LogP contribution in [0.4, 0.5) is 13.6 Å². The van der Waals surface area contributed by atoms with Gasteiger partial charge in [0.15, 0.2) is 11.6 Å².